The van der Waals surface area contributed by atoms with Gasteiger partial charge in [-0.1, -0.05) is 18.2 Å². The van der Waals surface area contributed by atoms with Crippen LogP contribution >= 0.6 is 11.3 Å². The molecule has 1 N–H and O–H groups in total. The summed E-state index contributed by atoms with van der Waals surface area (Å²) < 4.78 is 5.81. The van der Waals surface area contributed by atoms with Crippen LogP contribution in [0.2, 0.25) is 0 Å². The van der Waals surface area contributed by atoms with Crippen LogP contribution in [-0.2, 0) is 11.4 Å². The van der Waals surface area contributed by atoms with E-state index < -0.39 is 0 Å². The smallest absolute Gasteiger partial charge is 0.246 e. The van der Waals surface area contributed by atoms with Crippen molar-refractivity contribution in [3.63, 3.8) is 0 Å². The summed E-state index contributed by atoms with van der Waals surface area (Å²) in [5.74, 6) is 0.617. The first-order valence-electron chi connectivity index (χ1n) is 7.39. The monoisotopic (exact) mass is 330 g/mol. The fourth-order valence-corrected chi connectivity index (χ4v) is 2.87. The Labute approximate surface area is 138 Å². The van der Waals surface area contributed by atoms with E-state index in [-0.39, 0.29) is 12.0 Å². The van der Waals surface area contributed by atoms with Crippen LogP contribution in [0.3, 0.4) is 0 Å². The van der Waals surface area contributed by atoms with Gasteiger partial charge in [-0.05, 0) is 19.1 Å². The molecule has 0 atom stereocenters. The summed E-state index contributed by atoms with van der Waals surface area (Å²) in [6, 6.07) is 7.57. The molecule has 1 fully saturated rings. The van der Waals surface area contributed by atoms with E-state index in [1.807, 2.05) is 36.6 Å². The zero-order valence-electron chi connectivity index (χ0n) is 12.8. The summed E-state index contributed by atoms with van der Waals surface area (Å²) in [5, 5.41) is 12.2. The molecule has 1 aromatic carbocycles. The van der Waals surface area contributed by atoms with Crippen LogP contribution in [-0.4, -0.2) is 40.1 Å². The highest BCUT2D eigenvalue weighted by molar-refractivity contribution is 7.09. The van der Waals surface area contributed by atoms with Crippen LogP contribution in [0.15, 0.2) is 35.7 Å². The van der Waals surface area contributed by atoms with E-state index >= 15 is 0 Å². The van der Waals surface area contributed by atoms with E-state index in [4.69, 9.17) is 4.74 Å². The Hall–Kier alpha value is -2.18. The summed E-state index contributed by atoms with van der Waals surface area (Å²) >= 11 is 1.59. The fraction of sp³-hybridized carbons (Fsp3) is 0.294. The second kappa shape index (κ2) is 6.93. The normalized spacial score (nSPS) is 15.0. The third-order valence-electron chi connectivity index (χ3n) is 3.54. The van der Waals surface area contributed by atoms with Crippen LogP contribution in [0.5, 0.6) is 5.75 Å². The summed E-state index contributed by atoms with van der Waals surface area (Å²) in [4.78, 5) is 17.9. The van der Waals surface area contributed by atoms with Crippen molar-refractivity contribution in [1.29, 1.82) is 0 Å². The van der Waals surface area contributed by atoms with Crippen LogP contribution in [0.1, 0.15) is 16.3 Å². The van der Waals surface area contributed by atoms with Crippen LogP contribution in [0.25, 0.3) is 6.08 Å². The molecule has 0 saturated carbocycles. The lowest BCUT2D eigenvalue weighted by Gasteiger charge is -2.34. The second-order valence-corrected chi connectivity index (χ2v) is 6.48. The number of hydrogen-bond donors (Lipinski definition) is 1. The number of amides is 1. The van der Waals surface area contributed by atoms with Gasteiger partial charge in [0.05, 0.1) is 16.8 Å². The zero-order valence-corrected chi connectivity index (χ0v) is 13.6. The first-order valence-corrected chi connectivity index (χ1v) is 8.27. The number of ether oxygens (including phenoxy) is 1. The van der Waals surface area contributed by atoms with Gasteiger partial charge in [-0.2, -0.15) is 0 Å². The van der Waals surface area contributed by atoms with E-state index in [1.165, 1.54) is 6.08 Å². The molecule has 1 aromatic heterocycles. The molecule has 1 amide bonds. The SMILES string of the molecule is Cc1nc(COc2ccccc2/C=C/C(=O)N2CC(O)C2)cs1. The van der Waals surface area contributed by atoms with Crippen molar-refractivity contribution in [3.8, 4) is 5.75 Å². The number of benzene rings is 1. The van der Waals surface area contributed by atoms with Gasteiger partial charge in [0.15, 0.2) is 0 Å². The van der Waals surface area contributed by atoms with Crippen molar-refractivity contribution >= 4 is 23.3 Å². The van der Waals surface area contributed by atoms with Gasteiger partial charge < -0.3 is 14.7 Å². The zero-order chi connectivity index (χ0) is 16.2. The van der Waals surface area contributed by atoms with Crippen molar-refractivity contribution in [2.24, 2.45) is 0 Å². The summed E-state index contributed by atoms with van der Waals surface area (Å²) in [6.07, 6.45) is 2.87. The average Bonchev–Trinajstić information content (AvgIpc) is 2.94. The van der Waals surface area contributed by atoms with Gasteiger partial charge in [0.1, 0.15) is 12.4 Å². The van der Waals surface area contributed by atoms with Crippen molar-refractivity contribution < 1.29 is 14.6 Å². The Morgan fingerprint density at radius 3 is 2.96 bits per heavy atom. The molecule has 1 aliphatic heterocycles. The minimum atomic E-state index is -0.385. The van der Waals surface area contributed by atoms with E-state index in [2.05, 4.69) is 4.98 Å². The van der Waals surface area contributed by atoms with Gasteiger partial charge >= 0.3 is 0 Å². The summed E-state index contributed by atoms with van der Waals surface area (Å²) in [5.41, 5.74) is 1.74. The molecular formula is C17H18N2O3S. The predicted octanol–water partition coefficient (Wildman–Crippen LogP) is 2.25. The third kappa shape index (κ3) is 3.97. The number of thiazole rings is 1. The molecule has 5 nitrogen and oxygen atoms in total. The Bertz CT molecular complexity index is 720. The van der Waals surface area contributed by atoms with Crippen LogP contribution in [0, 0.1) is 6.92 Å². The number of hydrogen-bond acceptors (Lipinski definition) is 5. The predicted molar refractivity (Wildman–Crippen MR) is 89.2 cm³/mol. The third-order valence-corrected chi connectivity index (χ3v) is 4.36. The Balaban J connectivity index is 1.64. The molecule has 120 valence electrons. The lowest BCUT2D eigenvalue weighted by molar-refractivity contribution is -0.135. The lowest BCUT2D eigenvalue weighted by atomic mass is 10.1. The number of aryl methyl sites for hydroxylation is 1. The van der Waals surface area contributed by atoms with Gasteiger partial charge in [-0.3, -0.25) is 4.79 Å². The molecule has 0 unspecified atom stereocenters. The molecule has 6 heteroatoms. The Kier molecular flexibility index (Phi) is 4.73. The van der Waals surface area contributed by atoms with Gasteiger partial charge in [-0.15, -0.1) is 11.3 Å². The Morgan fingerprint density at radius 2 is 2.26 bits per heavy atom. The van der Waals surface area contributed by atoms with Gasteiger partial charge in [0, 0.05) is 30.1 Å². The largest absolute Gasteiger partial charge is 0.487 e. The van der Waals surface area contributed by atoms with Crippen molar-refractivity contribution in [1.82, 2.24) is 9.88 Å². The highest BCUT2D eigenvalue weighted by atomic mass is 32.1. The van der Waals surface area contributed by atoms with Crippen molar-refractivity contribution in [3.05, 3.63) is 52.0 Å². The number of carbonyl (C=O) groups excluding carboxylic acids is 1. The fourth-order valence-electron chi connectivity index (χ4n) is 2.28. The highest BCUT2D eigenvalue weighted by Gasteiger charge is 2.27. The summed E-state index contributed by atoms with van der Waals surface area (Å²) in [7, 11) is 0. The first kappa shape index (κ1) is 15.7. The highest BCUT2D eigenvalue weighted by Crippen LogP contribution is 2.21. The quantitative estimate of drug-likeness (QED) is 0.854. The topological polar surface area (TPSA) is 62.7 Å². The molecule has 0 aliphatic carbocycles. The van der Waals surface area contributed by atoms with Crippen LogP contribution in [0.4, 0.5) is 0 Å². The van der Waals surface area contributed by atoms with Gasteiger partial charge in [0.2, 0.25) is 5.91 Å². The second-order valence-electron chi connectivity index (χ2n) is 5.41. The van der Waals surface area contributed by atoms with E-state index in [0.29, 0.717) is 25.4 Å². The van der Waals surface area contributed by atoms with E-state index in [9.17, 15) is 9.90 Å². The minimum absolute atomic E-state index is 0.0970. The molecule has 0 radical (unpaired) electrons. The molecular weight excluding hydrogens is 312 g/mol. The van der Waals surface area contributed by atoms with Crippen LogP contribution < -0.4 is 4.74 Å². The molecule has 0 spiro atoms. The van der Waals surface area contributed by atoms with Gasteiger partial charge in [0.25, 0.3) is 0 Å². The number of β-amino-alcohol motifs (C(OH)–C–C–N with tert-alkyl or cyclic N) is 1. The standard InChI is InChI=1S/C17H18N2O3S/c1-12-18-14(11-23-12)10-22-16-5-3-2-4-13(16)6-7-17(21)19-8-15(20)9-19/h2-7,11,15,20H,8-10H2,1H3/b7-6+. The molecule has 2 heterocycles. The number of likely N-dealkylation sites (tertiary alicyclic amines) is 1. The summed E-state index contributed by atoms with van der Waals surface area (Å²) in [6.45, 7) is 3.18. The van der Waals surface area contributed by atoms with E-state index in [1.54, 1.807) is 22.3 Å². The molecule has 0 bridgehead atoms. The van der Waals surface area contributed by atoms with Crippen molar-refractivity contribution in [2.45, 2.75) is 19.6 Å². The number of nitrogens with zero attached hydrogens (tertiary/aromatic N) is 2. The maximum absolute atomic E-state index is 11.9. The molecule has 2 aromatic rings. The average molecular weight is 330 g/mol. The van der Waals surface area contributed by atoms with Gasteiger partial charge in [-0.25, -0.2) is 4.98 Å². The number of para-hydroxylation sites is 1. The molecule has 1 saturated heterocycles. The number of carbonyl (C=O) groups is 1. The lowest BCUT2D eigenvalue weighted by Crippen LogP contribution is -2.52. The number of rotatable bonds is 5. The molecule has 23 heavy (non-hydrogen) atoms. The number of aromatic nitrogens is 1. The maximum atomic E-state index is 11.9. The molecule has 1 aliphatic rings. The van der Waals surface area contributed by atoms with E-state index in [0.717, 1.165) is 16.3 Å². The maximum Gasteiger partial charge on any atom is 0.246 e. The number of aliphatic hydroxyl groups excluding tert-OH is 1. The first-order chi connectivity index (χ1) is 11.1. The molecule has 3 rings (SSSR count). The minimum Gasteiger partial charge on any atom is -0.487 e. The Morgan fingerprint density at radius 1 is 1.48 bits per heavy atom. The number of aliphatic hydroxyl groups is 1. The van der Waals surface area contributed by atoms with Crippen molar-refractivity contribution in [2.75, 3.05) is 13.1 Å².